The van der Waals surface area contributed by atoms with Gasteiger partial charge in [0.25, 0.3) is 0 Å². The van der Waals surface area contributed by atoms with Crippen LogP contribution < -0.4 is 15.5 Å². The number of aryl methyl sites for hydroxylation is 2. The molecule has 1 aliphatic rings. The van der Waals surface area contributed by atoms with Crippen molar-refractivity contribution in [2.24, 2.45) is 0 Å². The van der Waals surface area contributed by atoms with Gasteiger partial charge in [0, 0.05) is 49.0 Å². The van der Waals surface area contributed by atoms with Crippen LogP contribution >= 0.6 is 0 Å². The predicted molar refractivity (Wildman–Crippen MR) is 132 cm³/mol. The summed E-state index contributed by atoms with van der Waals surface area (Å²) in [5.41, 5.74) is 4.21. The number of nitriles is 1. The maximum Gasteiger partial charge on any atom is 0.229 e. The zero-order valence-electron chi connectivity index (χ0n) is 19.6. The molecule has 2 aromatic heterocycles. The lowest BCUT2D eigenvalue weighted by Gasteiger charge is -2.20. The molecule has 0 unspecified atom stereocenters. The second-order valence-corrected chi connectivity index (χ2v) is 8.59. The number of nitrogens with zero attached hydrogens (tertiary/aromatic N) is 5. The maximum absolute atomic E-state index is 12.5. The Hall–Kier alpha value is -3.99. The van der Waals surface area contributed by atoms with E-state index < -0.39 is 0 Å². The molecular formula is C26H29N7O. The number of carbonyl (C=O) groups is 1. The van der Waals surface area contributed by atoms with Gasteiger partial charge in [0.05, 0.1) is 18.1 Å². The number of hydrogen-bond donors (Lipinski definition) is 2. The average molecular weight is 456 g/mol. The van der Waals surface area contributed by atoms with Crippen molar-refractivity contribution < 1.29 is 4.79 Å². The summed E-state index contributed by atoms with van der Waals surface area (Å²) in [6.45, 7) is 5.54. The first-order valence-electron chi connectivity index (χ1n) is 11.6. The van der Waals surface area contributed by atoms with Gasteiger partial charge < -0.3 is 15.5 Å². The summed E-state index contributed by atoms with van der Waals surface area (Å²) >= 11 is 0. The van der Waals surface area contributed by atoms with Gasteiger partial charge in [0.15, 0.2) is 0 Å². The molecular weight excluding hydrogens is 426 g/mol. The lowest BCUT2D eigenvalue weighted by molar-refractivity contribution is -0.121. The van der Waals surface area contributed by atoms with E-state index in [1.165, 1.54) is 0 Å². The van der Waals surface area contributed by atoms with Crippen molar-refractivity contribution in [2.75, 3.05) is 23.3 Å². The molecule has 0 aliphatic carbocycles. The highest BCUT2D eigenvalue weighted by Crippen LogP contribution is 2.24. The van der Waals surface area contributed by atoms with Gasteiger partial charge in [-0.15, -0.1) is 0 Å². The smallest absolute Gasteiger partial charge is 0.229 e. The Bertz CT molecular complexity index is 1190. The number of carbonyl (C=O) groups excluding carboxylic acids is 1. The van der Waals surface area contributed by atoms with Gasteiger partial charge in [0.2, 0.25) is 11.9 Å². The van der Waals surface area contributed by atoms with E-state index in [4.69, 9.17) is 4.98 Å². The molecule has 8 nitrogen and oxygen atoms in total. The normalized spacial score (nSPS) is 15.1. The largest absolute Gasteiger partial charge is 0.354 e. The van der Waals surface area contributed by atoms with E-state index in [0.29, 0.717) is 24.5 Å². The van der Waals surface area contributed by atoms with Crippen molar-refractivity contribution in [1.82, 2.24) is 20.3 Å². The average Bonchev–Trinajstić information content (AvgIpc) is 3.29. The summed E-state index contributed by atoms with van der Waals surface area (Å²) < 4.78 is 0. The van der Waals surface area contributed by atoms with Crippen molar-refractivity contribution in [3.05, 3.63) is 71.2 Å². The van der Waals surface area contributed by atoms with Crippen LogP contribution in [0.2, 0.25) is 0 Å². The van der Waals surface area contributed by atoms with Gasteiger partial charge in [0.1, 0.15) is 5.82 Å². The highest BCUT2D eigenvalue weighted by Gasteiger charge is 2.25. The van der Waals surface area contributed by atoms with E-state index >= 15 is 0 Å². The minimum atomic E-state index is 0.00392. The van der Waals surface area contributed by atoms with Crippen molar-refractivity contribution in [3.8, 4) is 6.07 Å². The van der Waals surface area contributed by atoms with Crippen LogP contribution in [-0.4, -0.2) is 40.0 Å². The molecule has 0 saturated carbocycles. The first kappa shape index (κ1) is 23.2. The summed E-state index contributed by atoms with van der Waals surface area (Å²) in [5.74, 6) is 1.36. The van der Waals surface area contributed by atoms with Crippen molar-refractivity contribution in [2.45, 2.75) is 45.6 Å². The molecule has 3 aromatic rings. The van der Waals surface area contributed by atoms with Crippen LogP contribution in [0.4, 0.5) is 17.5 Å². The number of nitrogens with one attached hydrogen (secondary N) is 2. The van der Waals surface area contributed by atoms with E-state index in [1.807, 2.05) is 43.3 Å². The summed E-state index contributed by atoms with van der Waals surface area (Å²) in [4.78, 5) is 28.2. The zero-order valence-corrected chi connectivity index (χ0v) is 19.6. The van der Waals surface area contributed by atoms with Crippen molar-refractivity contribution in [1.29, 1.82) is 5.26 Å². The summed E-state index contributed by atoms with van der Waals surface area (Å²) in [6, 6.07) is 13.7. The van der Waals surface area contributed by atoms with Gasteiger partial charge in [-0.3, -0.25) is 9.78 Å². The number of benzene rings is 1. The van der Waals surface area contributed by atoms with Crippen LogP contribution in [0.5, 0.6) is 0 Å². The van der Waals surface area contributed by atoms with E-state index in [9.17, 15) is 10.1 Å². The first-order chi connectivity index (χ1) is 16.5. The first-order valence-corrected chi connectivity index (χ1v) is 11.6. The third kappa shape index (κ3) is 5.87. The Morgan fingerprint density at radius 2 is 2.15 bits per heavy atom. The van der Waals surface area contributed by atoms with Crippen LogP contribution in [0, 0.1) is 18.3 Å². The zero-order chi connectivity index (χ0) is 23.9. The Kier molecular flexibility index (Phi) is 7.33. The number of anilines is 3. The highest BCUT2D eigenvalue weighted by molar-refractivity contribution is 5.79. The number of aromatic nitrogens is 3. The second kappa shape index (κ2) is 10.8. The van der Waals surface area contributed by atoms with Gasteiger partial charge in [-0.05, 0) is 49.1 Å². The highest BCUT2D eigenvalue weighted by atomic mass is 16.1. The molecule has 4 rings (SSSR count). The van der Waals surface area contributed by atoms with E-state index in [0.717, 1.165) is 54.1 Å². The van der Waals surface area contributed by atoms with Gasteiger partial charge >= 0.3 is 0 Å². The third-order valence-electron chi connectivity index (χ3n) is 5.85. The van der Waals surface area contributed by atoms with Gasteiger partial charge in [-0.1, -0.05) is 25.5 Å². The molecule has 3 heterocycles. The van der Waals surface area contributed by atoms with E-state index in [-0.39, 0.29) is 11.9 Å². The molecule has 1 aliphatic heterocycles. The molecule has 1 amide bonds. The number of rotatable bonds is 8. The molecule has 0 bridgehead atoms. The molecule has 8 heteroatoms. The van der Waals surface area contributed by atoms with Crippen molar-refractivity contribution >= 4 is 23.4 Å². The second-order valence-electron chi connectivity index (χ2n) is 8.59. The Morgan fingerprint density at radius 1 is 1.26 bits per heavy atom. The summed E-state index contributed by atoms with van der Waals surface area (Å²) in [7, 11) is 0. The number of hydrogen-bond acceptors (Lipinski definition) is 7. The minimum absolute atomic E-state index is 0.00392. The summed E-state index contributed by atoms with van der Waals surface area (Å²) in [5, 5.41) is 15.7. The fourth-order valence-electron chi connectivity index (χ4n) is 4.09. The fraction of sp³-hybridized carbons (Fsp3) is 0.346. The number of amides is 1. The van der Waals surface area contributed by atoms with Gasteiger partial charge in [-0.25, -0.2) is 4.98 Å². The monoisotopic (exact) mass is 455 g/mol. The lowest BCUT2D eigenvalue weighted by atomic mass is 10.1. The van der Waals surface area contributed by atoms with Gasteiger partial charge in [-0.2, -0.15) is 10.2 Å². The topological polar surface area (TPSA) is 107 Å². The standard InChI is InChI=1S/C26H29N7O/c1-3-5-21-14-24(32-26(30-21)31-22-8-7-18(2)20(13-22)15-27)33-11-9-23(17-33)29-25(34)12-19-6-4-10-28-16-19/h4,6-8,10,13-14,16,23H,3,5,9,11-12,17H2,1-2H3,(H,29,34)(H,30,31,32)/t23-/m0/s1. The van der Waals surface area contributed by atoms with E-state index in [1.54, 1.807) is 12.4 Å². The molecule has 1 atom stereocenters. The Morgan fingerprint density at radius 3 is 2.91 bits per heavy atom. The molecule has 0 spiro atoms. The van der Waals surface area contributed by atoms with Crippen LogP contribution in [0.1, 0.15) is 42.1 Å². The Labute approximate surface area is 200 Å². The SMILES string of the molecule is CCCc1cc(N2CC[C@H](NC(=O)Cc3cccnc3)C2)nc(Nc2ccc(C)c(C#N)c2)n1. The summed E-state index contributed by atoms with van der Waals surface area (Å²) in [6.07, 6.45) is 6.44. The van der Waals surface area contributed by atoms with Crippen LogP contribution in [0.15, 0.2) is 48.8 Å². The van der Waals surface area contributed by atoms with Crippen molar-refractivity contribution in [3.63, 3.8) is 0 Å². The molecule has 1 saturated heterocycles. The van der Waals surface area contributed by atoms with Crippen LogP contribution in [-0.2, 0) is 17.6 Å². The molecule has 34 heavy (non-hydrogen) atoms. The molecule has 1 fully saturated rings. The van der Waals surface area contributed by atoms with Crippen LogP contribution in [0.3, 0.4) is 0 Å². The molecule has 0 radical (unpaired) electrons. The molecule has 174 valence electrons. The number of pyridine rings is 1. The van der Waals surface area contributed by atoms with E-state index in [2.05, 4.69) is 38.5 Å². The maximum atomic E-state index is 12.5. The Balaban J connectivity index is 1.45. The molecule has 1 aromatic carbocycles. The fourth-order valence-corrected chi connectivity index (χ4v) is 4.09. The van der Waals surface area contributed by atoms with Crippen LogP contribution in [0.25, 0.3) is 0 Å². The lowest BCUT2D eigenvalue weighted by Crippen LogP contribution is -2.38. The quantitative estimate of drug-likeness (QED) is 0.533. The minimum Gasteiger partial charge on any atom is -0.354 e. The third-order valence-corrected chi connectivity index (χ3v) is 5.85. The molecule has 2 N–H and O–H groups in total. The predicted octanol–water partition coefficient (Wildman–Crippen LogP) is 3.69.